The van der Waals surface area contributed by atoms with Crippen molar-refractivity contribution in [2.75, 3.05) is 23.7 Å². The van der Waals surface area contributed by atoms with Crippen molar-refractivity contribution in [2.45, 2.75) is 39.3 Å². The van der Waals surface area contributed by atoms with E-state index in [0.717, 1.165) is 29.5 Å². The molecule has 0 bridgehead atoms. The average molecular weight is 525 g/mol. The minimum absolute atomic E-state index is 0.0343. The van der Waals surface area contributed by atoms with Gasteiger partial charge in [0.05, 0.1) is 16.9 Å². The van der Waals surface area contributed by atoms with Crippen molar-refractivity contribution < 1.29 is 22.9 Å². The summed E-state index contributed by atoms with van der Waals surface area (Å²) in [7, 11) is -4.00. The van der Waals surface area contributed by atoms with Crippen molar-refractivity contribution in [2.24, 2.45) is 0 Å². The predicted molar refractivity (Wildman–Crippen MR) is 135 cm³/mol. The van der Waals surface area contributed by atoms with Crippen molar-refractivity contribution in [3.8, 4) is 0 Å². The van der Waals surface area contributed by atoms with E-state index in [1.165, 1.54) is 23.1 Å². The van der Waals surface area contributed by atoms with Crippen molar-refractivity contribution in [1.29, 1.82) is 0 Å². The van der Waals surface area contributed by atoms with Crippen molar-refractivity contribution in [3.63, 3.8) is 0 Å². The fourth-order valence-corrected chi connectivity index (χ4v) is 4.34. The number of nitrogens with one attached hydrogen (secondary N) is 1. The van der Waals surface area contributed by atoms with Crippen LogP contribution in [0.5, 0.6) is 0 Å². The van der Waals surface area contributed by atoms with Gasteiger partial charge in [0.25, 0.3) is 5.69 Å². The molecule has 1 N–H and O–H groups in total. The van der Waals surface area contributed by atoms with E-state index in [4.69, 9.17) is 11.6 Å². The molecule has 35 heavy (non-hydrogen) atoms. The lowest BCUT2D eigenvalue weighted by Crippen LogP contribution is -2.51. The summed E-state index contributed by atoms with van der Waals surface area (Å²) < 4.78 is 25.9. The first-order chi connectivity index (χ1) is 16.5. The molecular formula is C23H29ClN4O6S. The highest BCUT2D eigenvalue weighted by atomic mass is 35.5. The van der Waals surface area contributed by atoms with Crippen LogP contribution in [0, 0.1) is 10.1 Å². The number of carbonyl (C=O) groups excluding carboxylic acids is 2. The molecule has 1 atom stereocenters. The number of unbranched alkanes of at least 4 members (excludes halogenated alkanes) is 1. The second-order valence-electron chi connectivity index (χ2n) is 7.98. The third-order valence-corrected chi connectivity index (χ3v) is 6.81. The Morgan fingerprint density at radius 3 is 2.46 bits per heavy atom. The second kappa shape index (κ2) is 12.5. The lowest BCUT2D eigenvalue weighted by atomic mass is 10.1. The number of nitro benzene ring substituents is 1. The standard InChI is InChI=1S/C23H29ClN4O6S/c1-4-5-13-25-23(30)17(2)26(15-18-9-6-7-12-21(18)24)22(29)16-27(35(3,33)34)19-10-8-11-20(14-19)28(31)32/h6-12,14,17H,4-5,13,15-16H2,1-3H3,(H,25,30)/t17-/m0/s1. The van der Waals surface area contributed by atoms with Crippen molar-refractivity contribution >= 4 is 44.8 Å². The Morgan fingerprint density at radius 1 is 1.17 bits per heavy atom. The van der Waals surface area contributed by atoms with Crippen molar-refractivity contribution in [1.82, 2.24) is 10.2 Å². The number of anilines is 1. The first-order valence-electron chi connectivity index (χ1n) is 11.0. The number of halogens is 1. The zero-order valence-electron chi connectivity index (χ0n) is 19.8. The summed E-state index contributed by atoms with van der Waals surface area (Å²) in [5, 5.41) is 14.3. The number of benzene rings is 2. The van der Waals surface area contributed by atoms with Crippen molar-refractivity contribution in [3.05, 3.63) is 69.2 Å². The van der Waals surface area contributed by atoms with Gasteiger partial charge in [0.2, 0.25) is 21.8 Å². The first-order valence-corrected chi connectivity index (χ1v) is 13.2. The molecule has 0 saturated carbocycles. The van der Waals surface area contributed by atoms with Crippen LogP contribution in [0.25, 0.3) is 0 Å². The molecule has 0 aliphatic rings. The molecule has 2 amide bonds. The molecule has 0 heterocycles. The van der Waals surface area contributed by atoms with Gasteiger partial charge < -0.3 is 10.2 Å². The molecule has 0 aromatic heterocycles. The third kappa shape index (κ3) is 7.93. The Hall–Kier alpha value is -3.18. The van der Waals surface area contributed by atoms with E-state index >= 15 is 0 Å². The second-order valence-corrected chi connectivity index (χ2v) is 10.3. The SMILES string of the molecule is CCCCNC(=O)[C@H](C)N(Cc1ccccc1Cl)C(=O)CN(c1cccc([N+](=O)[O-])c1)S(C)(=O)=O. The van der Waals surface area contributed by atoms with Crippen LogP contribution in [-0.4, -0.2) is 55.4 Å². The number of nitro groups is 1. The molecular weight excluding hydrogens is 496 g/mol. The van der Waals surface area contributed by atoms with Gasteiger partial charge in [-0.1, -0.05) is 49.2 Å². The number of hydrogen-bond donors (Lipinski definition) is 1. The normalized spacial score (nSPS) is 12.0. The minimum Gasteiger partial charge on any atom is -0.354 e. The maximum absolute atomic E-state index is 13.4. The van der Waals surface area contributed by atoms with Gasteiger partial charge in [0.1, 0.15) is 12.6 Å². The zero-order chi connectivity index (χ0) is 26.2. The number of hydrogen-bond acceptors (Lipinski definition) is 6. The van der Waals surface area contributed by atoms with Gasteiger partial charge in [-0.15, -0.1) is 0 Å². The Labute approximate surface area is 210 Å². The minimum atomic E-state index is -4.00. The van der Waals surface area contributed by atoms with Crippen LogP contribution in [0.2, 0.25) is 5.02 Å². The molecule has 0 radical (unpaired) electrons. The van der Waals surface area contributed by atoms with E-state index in [2.05, 4.69) is 5.32 Å². The summed E-state index contributed by atoms with van der Waals surface area (Å²) in [5.41, 5.74) is 0.227. The highest BCUT2D eigenvalue weighted by Gasteiger charge is 2.30. The Bertz CT molecular complexity index is 1170. The van der Waals surface area contributed by atoms with Gasteiger partial charge in [-0.3, -0.25) is 24.0 Å². The Balaban J connectivity index is 2.40. The average Bonchev–Trinajstić information content (AvgIpc) is 2.80. The molecule has 0 spiro atoms. The number of sulfonamides is 1. The number of non-ortho nitro benzene ring substituents is 1. The maximum atomic E-state index is 13.4. The molecule has 0 unspecified atom stereocenters. The summed E-state index contributed by atoms with van der Waals surface area (Å²) in [6.45, 7) is 3.28. The van der Waals surface area contributed by atoms with E-state index in [1.807, 2.05) is 6.92 Å². The van der Waals surface area contributed by atoms with Crippen LogP contribution in [-0.2, 0) is 26.2 Å². The van der Waals surface area contributed by atoms with Crippen LogP contribution >= 0.6 is 11.6 Å². The lowest BCUT2D eigenvalue weighted by Gasteiger charge is -2.31. The van der Waals surface area contributed by atoms with Gasteiger partial charge in [-0.2, -0.15) is 0 Å². The monoisotopic (exact) mass is 524 g/mol. The maximum Gasteiger partial charge on any atom is 0.271 e. The van der Waals surface area contributed by atoms with Gasteiger partial charge >= 0.3 is 0 Å². The van der Waals surface area contributed by atoms with Crippen LogP contribution < -0.4 is 9.62 Å². The lowest BCUT2D eigenvalue weighted by molar-refractivity contribution is -0.384. The fourth-order valence-electron chi connectivity index (χ4n) is 3.30. The number of nitrogens with zero attached hydrogens (tertiary/aromatic N) is 3. The molecule has 10 nitrogen and oxygen atoms in total. The van der Waals surface area contributed by atoms with Crippen LogP contribution in [0.3, 0.4) is 0 Å². The van der Waals surface area contributed by atoms with Crippen LogP contribution in [0.15, 0.2) is 48.5 Å². The van der Waals surface area contributed by atoms with Gasteiger partial charge in [0.15, 0.2) is 0 Å². The van der Waals surface area contributed by atoms with Crippen LogP contribution in [0.4, 0.5) is 11.4 Å². The quantitative estimate of drug-likeness (QED) is 0.257. The van der Waals surface area contributed by atoms with E-state index in [1.54, 1.807) is 31.2 Å². The topological polar surface area (TPSA) is 130 Å². The highest BCUT2D eigenvalue weighted by Crippen LogP contribution is 2.24. The summed E-state index contributed by atoms with van der Waals surface area (Å²) in [4.78, 5) is 38.0. The largest absolute Gasteiger partial charge is 0.354 e. The predicted octanol–water partition coefficient (Wildman–Crippen LogP) is 3.35. The van der Waals surface area contributed by atoms with E-state index < -0.39 is 33.4 Å². The number of amides is 2. The molecule has 12 heteroatoms. The van der Waals surface area contributed by atoms with Gasteiger partial charge in [0, 0.05) is 30.2 Å². The number of rotatable bonds is 12. The van der Waals surface area contributed by atoms with E-state index in [9.17, 15) is 28.1 Å². The summed E-state index contributed by atoms with van der Waals surface area (Å²) in [6.07, 6.45) is 2.55. The summed E-state index contributed by atoms with van der Waals surface area (Å²) in [6, 6.07) is 10.9. The molecule has 2 rings (SSSR count). The fraction of sp³-hybridized carbons (Fsp3) is 0.391. The third-order valence-electron chi connectivity index (χ3n) is 5.30. The smallest absolute Gasteiger partial charge is 0.271 e. The molecule has 0 saturated heterocycles. The molecule has 2 aromatic carbocycles. The Morgan fingerprint density at radius 2 is 1.86 bits per heavy atom. The van der Waals surface area contributed by atoms with E-state index in [0.29, 0.717) is 17.1 Å². The highest BCUT2D eigenvalue weighted by molar-refractivity contribution is 7.92. The molecule has 2 aromatic rings. The first kappa shape index (κ1) is 28.1. The molecule has 0 aliphatic heterocycles. The molecule has 0 fully saturated rings. The zero-order valence-corrected chi connectivity index (χ0v) is 21.4. The van der Waals surface area contributed by atoms with Gasteiger partial charge in [-0.25, -0.2) is 8.42 Å². The van der Waals surface area contributed by atoms with Crippen LogP contribution in [0.1, 0.15) is 32.3 Å². The van der Waals surface area contributed by atoms with Gasteiger partial charge in [-0.05, 0) is 31.0 Å². The molecule has 190 valence electrons. The molecule has 0 aliphatic carbocycles. The number of carbonyl (C=O) groups is 2. The van der Waals surface area contributed by atoms with E-state index in [-0.39, 0.29) is 23.8 Å². The Kier molecular flexibility index (Phi) is 10.0. The summed E-state index contributed by atoms with van der Waals surface area (Å²) >= 11 is 6.27. The summed E-state index contributed by atoms with van der Waals surface area (Å²) in [5.74, 6) is -1.06.